The number of alkyl halides is 1. The molecule has 0 radical (unpaired) electrons. The normalized spacial score (nSPS) is 24.1. The van der Waals surface area contributed by atoms with Crippen molar-refractivity contribution < 1.29 is 24.5 Å². The minimum absolute atomic E-state index is 0.0979. The molecule has 2 saturated heterocycles. The van der Waals surface area contributed by atoms with Crippen LogP contribution < -0.4 is 10.5 Å². The summed E-state index contributed by atoms with van der Waals surface area (Å²) in [6.07, 6.45) is 0.337. The highest BCUT2D eigenvalue weighted by Crippen LogP contribution is 2.34. The largest absolute Gasteiger partial charge is 0.422 e. The van der Waals surface area contributed by atoms with E-state index in [4.69, 9.17) is 4.74 Å². The van der Waals surface area contributed by atoms with E-state index in [-0.39, 0.29) is 36.3 Å². The molecule has 188 valence electrons. The lowest BCUT2D eigenvalue weighted by Gasteiger charge is -2.37. The van der Waals surface area contributed by atoms with Crippen LogP contribution in [0.3, 0.4) is 0 Å². The summed E-state index contributed by atoms with van der Waals surface area (Å²) in [6, 6.07) is 14.7. The molecule has 0 aromatic heterocycles. The van der Waals surface area contributed by atoms with Crippen molar-refractivity contribution in [1.82, 2.24) is 9.80 Å². The summed E-state index contributed by atoms with van der Waals surface area (Å²) in [4.78, 5) is 29.1. The van der Waals surface area contributed by atoms with Crippen molar-refractivity contribution in [3.63, 3.8) is 0 Å². The Hall–Kier alpha value is -2.77. The van der Waals surface area contributed by atoms with Crippen LogP contribution in [0.15, 0.2) is 48.5 Å². The number of rotatable bonds is 7. The van der Waals surface area contributed by atoms with Crippen molar-refractivity contribution in [2.45, 2.75) is 64.3 Å². The molecule has 0 unspecified atom stereocenters. The topological polar surface area (TPSA) is 77.5 Å². The van der Waals surface area contributed by atoms with E-state index in [0.29, 0.717) is 31.8 Å². The quantitative estimate of drug-likeness (QED) is 0.486. The van der Waals surface area contributed by atoms with Crippen molar-refractivity contribution in [3.8, 4) is 5.75 Å². The van der Waals surface area contributed by atoms with Gasteiger partial charge in [0.1, 0.15) is 11.9 Å². The third-order valence-corrected chi connectivity index (χ3v) is 7.41. The fraction of sp³-hybridized carbons (Fsp3) is 0.500. The number of hydrogen-bond acceptors (Lipinski definition) is 4. The third kappa shape index (κ3) is 5.90. The van der Waals surface area contributed by atoms with Gasteiger partial charge in [0, 0.05) is 31.5 Å². The minimum Gasteiger partial charge on any atom is -0.422 e. The van der Waals surface area contributed by atoms with E-state index in [9.17, 15) is 9.59 Å². The van der Waals surface area contributed by atoms with E-state index < -0.39 is 12.2 Å². The summed E-state index contributed by atoms with van der Waals surface area (Å²) in [5, 5.41) is 0. The van der Waals surface area contributed by atoms with Crippen LogP contribution in [0.4, 0.5) is 4.39 Å². The molecule has 2 heterocycles. The van der Waals surface area contributed by atoms with Gasteiger partial charge in [0.15, 0.2) is 6.04 Å². The molecule has 2 fully saturated rings. The smallest absolute Gasteiger partial charge is 0.370 e. The van der Waals surface area contributed by atoms with Gasteiger partial charge in [0.25, 0.3) is 0 Å². The molecule has 35 heavy (non-hydrogen) atoms. The summed E-state index contributed by atoms with van der Waals surface area (Å²) >= 11 is 0. The van der Waals surface area contributed by atoms with Crippen LogP contribution in [0, 0.1) is 12.8 Å². The molecule has 2 aliphatic rings. The second kappa shape index (κ2) is 10.9. The summed E-state index contributed by atoms with van der Waals surface area (Å²) in [5.74, 6) is 0.0637. The lowest BCUT2D eigenvalue weighted by Crippen LogP contribution is -2.68. The molecule has 0 spiro atoms. The zero-order valence-electron chi connectivity index (χ0n) is 21.0. The average Bonchev–Trinajstić information content (AvgIpc) is 3.20. The van der Waals surface area contributed by atoms with Gasteiger partial charge in [-0.25, -0.2) is 9.18 Å². The first-order valence-electron chi connectivity index (χ1n) is 12.6. The zero-order chi connectivity index (χ0) is 25.1. The number of aryl methyl sites for hydroxylation is 1. The van der Waals surface area contributed by atoms with Crippen molar-refractivity contribution >= 4 is 11.9 Å². The maximum atomic E-state index is 15.3. The Labute approximate surface area is 207 Å². The highest BCUT2D eigenvalue weighted by molar-refractivity contribution is 5.84. The van der Waals surface area contributed by atoms with Crippen molar-refractivity contribution in [1.29, 1.82) is 0 Å². The van der Waals surface area contributed by atoms with Gasteiger partial charge in [-0.1, -0.05) is 55.8 Å². The second-order valence-electron chi connectivity index (χ2n) is 10.3. The highest BCUT2D eigenvalue weighted by atomic mass is 19.1. The van der Waals surface area contributed by atoms with E-state index in [1.807, 2.05) is 42.7 Å². The number of nitrogens with zero attached hydrogens (tertiary/aromatic N) is 2. The molecular weight excluding hydrogens is 445 g/mol. The maximum Gasteiger partial charge on any atom is 0.370 e. The Balaban J connectivity index is 1.32. The van der Waals surface area contributed by atoms with Gasteiger partial charge in [-0.05, 0) is 49.6 Å². The molecule has 7 heteroatoms. The number of quaternary nitrogens is 1. The number of halogens is 1. The van der Waals surface area contributed by atoms with Crippen LogP contribution in [-0.4, -0.2) is 59.6 Å². The summed E-state index contributed by atoms with van der Waals surface area (Å²) in [7, 11) is 0. The number of carbonyl (C=O) groups is 2. The van der Waals surface area contributed by atoms with Crippen LogP contribution in [-0.2, 0) is 16.1 Å². The molecule has 2 aliphatic heterocycles. The van der Waals surface area contributed by atoms with Crippen LogP contribution in [0.5, 0.6) is 5.75 Å². The van der Waals surface area contributed by atoms with Gasteiger partial charge < -0.3 is 15.4 Å². The number of esters is 1. The van der Waals surface area contributed by atoms with Crippen LogP contribution >= 0.6 is 0 Å². The average molecular weight is 483 g/mol. The van der Waals surface area contributed by atoms with Crippen molar-refractivity contribution in [2.24, 2.45) is 5.92 Å². The fourth-order valence-corrected chi connectivity index (χ4v) is 4.97. The van der Waals surface area contributed by atoms with Gasteiger partial charge in [-0.3, -0.25) is 9.69 Å². The van der Waals surface area contributed by atoms with Crippen LogP contribution in [0.1, 0.15) is 49.3 Å². The standard InChI is InChI=1S/C28H36FN3O3/c1-18(2)26(30)28(34)35-22-10-8-21(9-11-22)23-12-14-31(17-24(23)29)25-13-15-32(27(25)33)16-20-6-4-19(3)5-7-20/h4-11,18,23-26H,12-17,30H2,1-3H3/p+1/t23-,24+,25+,26-/m0/s1. The number of piperidine rings is 1. The van der Waals surface area contributed by atoms with Crippen LogP contribution in [0.2, 0.25) is 0 Å². The van der Waals surface area contributed by atoms with Gasteiger partial charge in [-0.2, -0.15) is 0 Å². The summed E-state index contributed by atoms with van der Waals surface area (Å²) in [6.45, 7) is 8.16. The minimum atomic E-state index is -1.05. The van der Waals surface area contributed by atoms with Crippen molar-refractivity contribution in [3.05, 3.63) is 65.2 Å². The van der Waals surface area contributed by atoms with Gasteiger partial charge in [0.2, 0.25) is 5.91 Å². The third-order valence-electron chi connectivity index (χ3n) is 7.41. The summed E-state index contributed by atoms with van der Waals surface area (Å²) < 4.78 is 20.7. The predicted octanol–water partition coefficient (Wildman–Crippen LogP) is 3.10. The monoisotopic (exact) mass is 482 g/mol. The highest BCUT2D eigenvalue weighted by Gasteiger charge is 2.40. The van der Waals surface area contributed by atoms with E-state index in [2.05, 4.69) is 30.0 Å². The van der Waals surface area contributed by atoms with Gasteiger partial charge in [-0.15, -0.1) is 0 Å². The van der Waals surface area contributed by atoms with Gasteiger partial charge >= 0.3 is 5.97 Å². The number of benzene rings is 2. The number of carbonyl (C=O) groups excluding carboxylic acids is 2. The molecule has 1 amide bonds. The molecular formula is C28H37FN3O3+. The van der Waals surface area contributed by atoms with E-state index in [0.717, 1.165) is 17.5 Å². The Bertz CT molecular complexity index is 1020. The Morgan fingerprint density at radius 1 is 1.09 bits per heavy atom. The Kier molecular flexibility index (Phi) is 7.87. The molecule has 6 nitrogen and oxygen atoms in total. The summed E-state index contributed by atoms with van der Waals surface area (Å²) in [5.41, 5.74) is 7.07. The molecule has 3 N–H and O–H groups in total. The Morgan fingerprint density at radius 2 is 1.77 bits per heavy atom. The van der Waals surface area contributed by atoms with E-state index in [1.54, 1.807) is 12.1 Å². The SMILES string of the molecule is Cc1ccc(CN2CC[C@@H](N3CC[C@@H](c4ccc(OC(=O)[C@@H]([NH3+])C(C)C)cc4)[C@H](F)C3)C2=O)cc1. The molecule has 4 atom stereocenters. The molecule has 0 saturated carbocycles. The molecule has 0 aliphatic carbocycles. The molecule has 0 bridgehead atoms. The number of amides is 1. The number of ether oxygens (including phenoxy) is 1. The first-order valence-corrected chi connectivity index (χ1v) is 12.6. The lowest BCUT2D eigenvalue weighted by molar-refractivity contribution is -0.417. The lowest BCUT2D eigenvalue weighted by atomic mass is 9.87. The predicted molar refractivity (Wildman–Crippen MR) is 132 cm³/mol. The van der Waals surface area contributed by atoms with Gasteiger partial charge in [0.05, 0.1) is 6.04 Å². The molecule has 4 rings (SSSR count). The molecule has 2 aromatic carbocycles. The number of hydrogen-bond donors (Lipinski definition) is 1. The maximum absolute atomic E-state index is 15.3. The first-order chi connectivity index (χ1) is 16.7. The van der Waals surface area contributed by atoms with E-state index in [1.165, 1.54) is 5.56 Å². The van der Waals surface area contributed by atoms with Crippen LogP contribution in [0.25, 0.3) is 0 Å². The fourth-order valence-electron chi connectivity index (χ4n) is 4.97. The molecule has 2 aromatic rings. The second-order valence-corrected chi connectivity index (χ2v) is 10.3. The number of likely N-dealkylation sites (tertiary alicyclic amines) is 2. The zero-order valence-corrected chi connectivity index (χ0v) is 21.0. The van der Waals surface area contributed by atoms with Crippen molar-refractivity contribution in [2.75, 3.05) is 19.6 Å². The van der Waals surface area contributed by atoms with E-state index >= 15 is 4.39 Å². The Morgan fingerprint density at radius 3 is 2.40 bits per heavy atom. The first kappa shape index (κ1) is 25.3.